The van der Waals surface area contributed by atoms with Gasteiger partial charge in [0.05, 0.1) is 10.0 Å². The number of amides is 1. The number of para-hydroxylation sites is 1. The van der Waals surface area contributed by atoms with Gasteiger partial charge in [-0.3, -0.25) is 4.79 Å². The van der Waals surface area contributed by atoms with Gasteiger partial charge in [-0.2, -0.15) is 5.26 Å². The molecule has 0 atom stereocenters. The summed E-state index contributed by atoms with van der Waals surface area (Å²) in [6.07, 6.45) is 1.55. The third-order valence-electron chi connectivity index (χ3n) is 4.29. The van der Waals surface area contributed by atoms with Crippen LogP contribution in [-0.2, 0) is 4.79 Å². The van der Waals surface area contributed by atoms with Crippen molar-refractivity contribution in [3.63, 3.8) is 0 Å². The first kappa shape index (κ1) is 18.3. The maximum absolute atomic E-state index is 12.7. The van der Waals surface area contributed by atoms with Crippen LogP contribution in [0.2, 0.25) is 10.0 Å². The summed E-state index contributed by atoms with van der Waals surface area (Å²) in [5.74, 6) is -0.258. The molecule has 0 N–H and O–H groups in total. The number of rotatable bonds is 3. The molecule has 1 heterocycles. The molecule has 0 unspecified atom stereocenters. The van der Waals surface area contributed by atoms with Crippen molar-refractivity contribution in [2.75, 3.05) is 31.1 Å². The third kappa shape index (κ3) is 4.19. The predicted octanol–water partition coefficient (Wildman–Crippen LogP) is 4.25. The van der Waals surface area contributed by atoms with Crippen LogP contribution in [0.5, 0.6) is 0 Å². The second-order valence-corrected chi connectivity index (χ2v) is 6.77. The zero-order chi connectivity index (χ0) is 18.5. The van der Waals surface area contributed by atoms with Crippen LogP contribution in [0.4, 0.5) is 5.69 Å². The fourth-order valence-corrected chi connectivity index (χ4v) is 3.19. The average molecular weight is 386 g/mol. The number of carbonyl (C=O) groups excluding carboxylic acids is 1. The molecular formula is C20H17Cl2N3O. The van der Waals surface area contributed by atoms with E-state index in [4.69, 9.17) is 23.2 Å². The quantitative estimate of drug-likeness (QED) is 0.585. The van der Waals surface area contributed by atoms with Crippen LogP contribution in [0.3, 0.4) is 0 Å². The molecule has 6 heteroatoms. The number of benzene rings is 2. The Morgan fingerprint density at radius 2 is 1.69 bits per heavy atom. The van der Waals surface area contributed by atoms with Gasteiger partial charge in [-0.05, 0) is 35.9 Å². The number of hydrogen-bond donors (Lipinski definition) is 0. The van der Waals surface area contributed by atoms with E-state index >= 15 is 0 Å². The van der Waals surface area contributed by atoms with Crippen molar-refractivity contribution in [2.24, 2.45) is 0 Å². The fraction of sp³-hybridized carbons (Fsp3) is 0.200. The molecule has 2 aromatic carbocycles. The summed E-state index contributed by atoms with van der Waals surface area (Å²) in [7, 11) is 0. The van der Waals surface area contributed by atoms with Gasteiger partial charge in [-0.1, -0.05) is 47.5 Å². The molecule has 2 aromatic rings. The number of nitriles is 1. The van der Waals surface area contributed by atoms with Gasteiger partial charge in [-0.25, -0.2) is 0 Å². The third-order valence-corrected chi connectivity index (χ3v) is 5.03. The summed E-state index contributed by atoms with van der Waals surface area (Å²) in [6, 6.07) is 17.1. The topological polar surface area (TPSA) is 47.3 Å². The summed E-state index contributed by atoms with van der Waals surface area (Å²) in [5, 5.41) is 10.2. The van der Waals surface area contributed by atoms with Crippen LogP contribution in [-0.4, -0.2) is 37.0 Å². The van der Waals surface area contributed by atoms with E-state index in [-0.39, 0.29) is 11.5 Å². The Bertz CT molecular complexity index is 866. The maximum Gasteiger partial charge on any atom is 0.264 e. The van der Waals surface area contributed by atoms with Gasteiger partial charge < -0.3 is 9.80 Å². The van der Waals surface area contributed by atoms with Crippen molar-refractivity contribution in [2.45, 2.75) is 0 Å². The second-order valence-electron chi connectivity index (χ2n) is 5.96. The van der Waals surface area contributed by atoms with Crippen molar-refractivity contribution in [1.82, 2.24) is 4.90 Å². The largest absolute Gasteiger partial charge is 0.368 e. The molecule has 132 valence electrons. The molecule has 1 fully saturated rings. The predicted molar refractivity (Wildman–Crippen MR) is 105 cm³/mol. The van der Waals surface area contributed by atoms with Crippen LogP contribution < -0.4 is 4.90 Å². The Hall–Kier alpha value is -2.48. The molecule has 4 nitrogen and oxygen atoms in total. The number of carbonyl (C=O) groups is 1. The van der Waals surface area contributed by atoms with Gasteiger partial charge in [-0.15, -0.1) is 0 Å². The van der Waals surface area contributed by atoms with Gasteiger partial charge in [0.15, 0.2) is 0 Å². The smallest absolute Gasteiger partial charge is 0.264 e. The number of piperazine rings is 1. The standard InChI is InChI=1S/C20H17Cl2N3O/c21-18-7-6-15(13-19(18)22)12-16(14-23)20(26)25-10-8-24(9-11-25)17-4-2-1-3-5-17/h1-7,12-13H,8-11H2/b16-12+. The number of anilines is 1. The Morgan fingerprint density at radius 1 is 1.00 bits per heavy atom. The summed E-state index contributed by atoms with van der Waals surface area (Å²) in [5.41, 5.74) is 1.91. The van der Waals surface area contributed by atoms with E-state index in [1.165, 1.54) is 0 Å². The Kier molecular flexibility index (Phi) is 5.82. The van der Waals surface area contributed by atoms with Gasteiger partial charge in [0.1, 0.15) is 11.6 Å². The molecule has 1 amide bonds. The number of halogens is 2. The van der Waals surface area contributed by atoms with Crippen molar-refractivity contribution in [1.29, 1.82) is 5.26 Å². The molecule has 26 heavy (non-hydrogen) atoms. The zero-order valence-corrected chi connectivity index (χ0v) is 15.5. The molecule has 1 saturated heterocycles. The van der Waals surface area contributed by atoms with Gasteiger partial charge >= 0.3 is 0 Å². The highest BCUT2D eigenvalue weighted by Gasteiger charge is 2.23. The minimum atomic E-state index is -0.258. The van der Waals surface area contributed by atoms with Crippen LogP contribution in [0.15, 0.2) is 54.1 Å². The lowest BCUT2D eigenvalue weighted by Gasteiger charge is -2.36. The first-order chi connectivity index (χ1) is 12.6. The molecule has 0 bridgehead atoms. The molecule has 0 radical (unpaired) electrons. The molecular weight excluding hydrogens is 369 g/mol. The van der Waals surface area contributed by atoms with Crippen LogP contribution >= 0.6 is 23.2 Å². The fourth-order valence-electron chi connectivity index (χ4n) is 2.89. The average Bonchev–Trinajstić information content (AvgIpc) is 2.69. The molecule has 0 saturated carbocycles. The molecule has 0 aliphatic carbocycles. The highest BCUT2D eigenvalue weighted by molar-refractivity contribution is 6.42. The first-order valence-electron chi connectivity index (χ1n) is 8.24. The Labute approximate surface area is 162 Å². The summed E-state index contributed by atoms with van der Waals surface area (Å²) in [6.45, 7) is 2.63. The Balaban J connectivity index is 1.69. The first-order valence-corrected chi connectivity index (χ1v) is 9.00. The lowest BCUT2D eigenvalue weighted by atomic mass is 10.1. The molecule has 0 aromatic heterocycles. The van der Waals surface area contributed by atoms with Gasteiger partial charge in [0, 0.05) is 31.9 Å². The van der Waals surface area contributed by atoms with Crippen molar-refractivity contribution < 1.29 is 4.79 Å². The lowest BCUT2D eigenvalue weighted by Crippen LogP contribution is -2.49. The maximum atomic E-state index is 12.7. The van der Waals surface area contributed by atoms with E-state index in [2.05, 4.69) is 17.0 Å². The van der Waals surface area contributed by atoms with Crippen LogP contribution in [0.1, 0.15) is 5.56 Å². The van der Waals surface area contributed by atoms with Crippen LogP contribution in [0.25, 0.3) is 6.08 Å². The molecule has 1 aliphatic heterocycles. The summed E-state index contributed by atoms with van der Waals surface area (Å²) in [4.78, 5) is 16.6. The van der Waals surface area contributed by atoms with E-state index in [1.807, 2.05) is 24.3 Å². The molecule has 1 aliphatic rings. The monoisotopic (exact) mass is 385 g/mol. The van der Waals surface area contributed by atoms with E-state index < -0.39 is 0 Å². The van der Waals surface area contributed by atoms with E-state index in [1.54, 1.807) is 29.2 Å². The highest BCUT2D eigenvalue weighted by atomic mass is 35.5. The second kappa shape index (κ2) is 8.27. The van der Waals surface area contributed by atoms with E-state index in [0.717, 1.165) is 18.8 Å². The van der Waals surface area contributed by atoms with Crippen molar-refractivity contribution >= 4 is 40.9 Å². The molecule has 0 spiro atoms. The minimum absolute atomic E-state index is 0.0940. The van der Waals surface area contributed by atoms with Crippen molar-refractivity contribution in [3.05, 3.63) is 69.7 Å². The molecule has 3 rings (SSSR count). The lowest BCUT2D eigenvalue weighted by molar-refractivity contribution is -0.126. The number of hydrogen-bond acceptors (Lipinski definition) is 3. The van der Waals surface area contributed by atoms with E-state index in [9.17, 15) is 10.1 Å². The van der Waals surface area contributed by atoms with E-state index in [0.29, 0.717) is 28.7 Å². The zero-order valence-electron chi connectivity index (χ0n) is 14.0. The summed E-state index contributed by atoms with van der Waals surface area (Å²) < 4.78 is 0. The SMILES string of the molecule is N#C/C(=C\c1ccc(Cl)c(Cl)c1)C(=O)N1CCN(c2ccccc2)CC1. The van der Waals surface area contributed by atoms with Crippen molar-refractivity contribution in [3.8, 4) is 6.07 Å². The summed E-state index contributed by atoms with van der Waals surface area (Å²) >= 11 is 11.9. The van der Waals surface area contributed by atoms with Crippen LogP contribution in [0, 0.1) is 11.3 Å². The normalized spacial score (nSPS) is 14.9. The highest BCUT2D eigenvalue weighted by Crippen LogP contribution is 2.24. The number of nitrogens with zero attached hydrogens (tertiary/aromatic N) is 3. The minimum Gasteiger partial charge on any atom is -0.368 e. The Morgan fingerprint density at radius 3 is 2.31 bits per heavy atom. The van der Waals surface area contributed by atoms with Gasteiger partial charge in [0.2, 0.25) is 0 Å². The van der Waals surface area contributed by atoms with Gasteiger partial charge in [0.25, 0.3) is 5.91 Å².